The molecular formula is C47H33NOS. The summed E-state index contributed by atoms with van der Waals surface area (Å²) in [6, 6.07) is 57.2. The van der Waals surface area contributed by atoms with Gasteiger partial charge in [0.15, 0.2) is 0 Å². The summed E-state index contributed by atoms with van der Waals surface area (Å²) in [4.78, 5) is 2.46. The van der Waals surface area contributed by atoms with Gasteiger partial charge < -0.3 is 9.32 Å². The minimum Gasteiger partial charge on any atom is -0.456 e. The van der Waals surface area contributed by atoms with E-state index >= 15 is 0 Å². The van der Waals surface area contributed by atoms with Gasteiger partial charge in [0.25, 0.3) is 0 Å². The minimum absolute atomic E-state index is 0.714. The number of nitrogens with zero attached hydrogens (tertiary/aromatic N) is 1. The van der Waals surface area contributed by atoms with Gasteiger partial charge in [-0.05, 0) is 87.8 Å². The Morgan fingerprint density at radius 1 is 0.560 bits per heavy atom. The number of furan rings is 1. The Morgan fingerprint density at radius 2 is 1.28 bits per heavy atom. The standard InChI is InChI=1S/C47H33NOS/c1-3-17-36-31(12-1)14-10-21-37(36)32-15-9-16-34(28-32)48(35-26-27-40-39-19-5-7-23-43(39)49-44(40)29-35)30-33-13-2-4-18-38(33)41-22-11-25-46-47(41)42-20-6-8-24-45(42)50-46/h1-10,12-21,23-29H,11,22,30H2. The van der Waals surface area contributed by atoms with E-state index in [-0.39, 0.29) is 0 Å². The first-order valence-electron chi connectivity index (χ1n) is 17.3. The van der Waals surface area contributed by atoms with Gasteiger partial charge in [0.05, 0.1) is 0 Å². The van der Waals surface area contributed by atoms with Gasteiger partial charge in [-0.3, -0.25) is 0 Å². The SMILES string of the molecule is C1=c2sc3ccccc3c2=C(c2ccccc2CN(c2cccc(-c3cccc4ccccc34)c2)c2ccc3c(c2)oc2ccccc23)CC1. The van der Waals surface area contributed by atoms with Gasteiger partial charge in [0, 0.05) is 54.6 Å². The molecule has 0 bridgehead atoms. The Hall–Kier alpha value is -5.90. The lowest BCUT2D eigenvalue weighted by atomic mass is 9.91. The zero-order chi connectivity index (χ0) is 33.0. The predicted octanol–water partition coefficient (Wildman–Crippen LogP) is 11.7. The van der Waals surface area contributed by atoms with E-state index < -0.39 is 0 Å². The summed E-state index contributed by atoms with van der Waals surface area (Å²) >= 11 is 1.92. The van der Waals surface area contributed by atoms with Crippen molar-refractivity contribution in [2.45, 2.75) is 19.4 Å². The van der Waals surface area contributed by atoms with E-state index in [2.05, 4.69) is 163 Å². The predicted molar refractivity (Wildman–Crippen MR) is 213 cm³/mol. The Kier molecular flexibility index (Phi) is 6.92. The normalized spacial score (nSPS) is 12.8. The fraction of sp³-hybridized carbons (Fsp3) is 0.0638. The number of hydrogen-bond acceptors (Lipinski definition) is 3. The molecule has 9 aromatic rings. The number of benzene rings is 7. The number of para-hydroxylation sites is 1. The molecule has 0 N–H and O–H groups in total. The van der Waals surface area contributed by atoms with Crippen molar-refractivity contribution in [2.24, 2.45) is 0 Å². The van der Waals surface area contributed by atoms with Crippen LogP contribution in [0.15, 0.2) is 162 Å². The van der Waals surface area contributed by atoms with Crippen molar-refractivity contribution in [3.63, 3.8) is 0 Å². The first-order chi connectivity index (χ1) is 24.8. The van der Waals surface area contributed by atoms with Gasteiger partial charge in [-0.25, -0.2) is 0 Å². The van der Waals surface area contributed by atoms with Crippen LogP contribution >= 0.6 is 11.3 Å². The number of thiophene rings is 1. The van der Waals surface area contributed by atoms with Crippen molar-refractivity contribution in [3.05, 3.63) is 179 Å². The monoisotopic (exact) mass is 659 g/mol. The second-order valence-electron chi connectivity index (χ2n) is 13.2. The molecule has 50 heavy (non-hydrogen) atoms. The number of fused-ring (bicyclic) bond motifs is 7. The van der Waals surface area contributed by atoms with Gasteiger partial charge in [0.2, 0.25) is 0 Å². The average molecular weight is 660 g/mol. The van der Waals surface area contributed by atoms with E-state index in [9.17, 15) is 0 Å². The summed E-state index contributed by atoms with van der Waals surface area (Å²) in [5, 5.41) is 7.57. The number of rotatable bonds is 6. The third-order valence-electron chi connectivity index (χ3n) is 10.3. The number of hydrogen-bond donors (Lipinski definition) is 0. The quantitative estimate of drug-likeness (QED) is 0.177. The van der Waals surface area contributed by atoms with Crippen LogP contribution in [-0.4, -0.2) is 0 Å². The topological polar surface area (TPSA) is 16.4 Å². The Morgan fingerprint density at radius 3 is 2.24 bits per heavy atom. The van der Waals surface area contributed by atoms with Crippen LogP contribution in [0.1, 0.15) is 24.0 Å². The lowest BCUT2D eigenvalue weighted by molar-refractivity contribution is 0.669. The molecule has 0 unspecified atom stereocenters. The van der Waals surface area contributed by atoms with Gasteiger partial charge >= 0.3 is 0 Å². The van der Waals surface area contributed by atoms with Crippen molar-refractivity contribution in [1.82, 2.24) is 0 Å². The first-order valence-corrected chi connectivity index (χ1v) is 18.2. The highest BCUT2D eigenvalue weighted by molar-refractivity contribution is 7.17. The molecule has 0 radical (unpaired) electrons. The Labute approximate surface area is 294 Å². The molecule has 0 spiro atoms. The van der Waals surface area contributed by atoms with E-state index in [1.165, 1.54) is 58.4 Å². The fourth-order valence-corrected chi connectivity index (χ4v) is 9.12. The van der Waals surface area contributed by atoms with E-state index in [0.717, 1.165) is 46.2 Å². The zero-order valence-corrected chi connectivity index (χ0v) is 28.3. The Bertz CT molecular complexity index is 2870. The molecule has 0 saturated heterocycles. The van der Waals surface area contributed by atoms with Crippen LogP contribution in [0.5, 0.6) is 0 Å². The highest BCUT2D eigenvalue weighted by Gasteiger charge is 2.20. The molecule has 0 amide bonds. The minimum atomic E-state index is 0.714. The molecule has 2 aromatic heterocycles. The highest BCUT2D eigenvalue weighted by Crippen LogP contribution is 2.38. The maximum atomic E-state index is 6.43. The smallest absolute Gasteiger partial charge is 0.137 e. The molecule has 0 aliphatic heterocycles. The lowest BCUT2D eigenvalue weighted by Crippen LogP contribution is -2.26. The van der Waals surface area contributed by atoms with E-state index in [1.54, 1.807) is 0 Å². The molecule has 1 aliphatic carbocycles. The Balaban J connectivity index is 1.16. The van der Waals surface area contributed by atoms with Crippen molar-refractivity contribution in [3.8, 4) is 11.1 Å². The van der Waals surface area contributed by atoms with E-state index in [1.807, 2.05) is 17.4 Å². The average Bonchev–Trinajstić information content (AvgIpc) is 3.75. The van der Waals surface area contributed by atoms with Crippen LogP contribution in [0, 0.1) is 0 Å². The highest BCUT2D eigenvalue weighted by atomic mass is 32.1. The molecule has 2 heterocycles. The summed E-state index contributed by atoms with van der Waals surface area (Å²) < 4.78 is 9.19. The van der Waals surface area contributed by atoms with Crippen LogP contribution in [0.25, 0.3) is 65.6 Å². The first kappa shape index (κ1) is 29.1. The molecule has 2 nitrogen and oxygen atoms in total. The number of anilines is 2. The van der Waals surface area contributed by atoms with Crippen LogP contribution in [-0.2, 0) is 6.54 Å². The van der Waals surface area contributed by atoms with Gasteiger partial charge in [-0.1, -0.05) is 121 Å². The van der Waals surface area contributed by atoms with Crippen LogP contribution < -0.4 is 14.7 Å². The van der Waals surface area contributed by atoms with Crippen LogP contribution in [0.2, 0.25) is 0 Å². The molecule has 3 heteroatoms. The molecule has 0 fully saturated rings. The van der Waals surface area contributed by atoms with E-state index in [0.29, 0.717) is 6.54 Å². The summed E-state index contributed by atoms with van der Waals surface area (Å²) in [6.07, 6.45) is 4.52. The molecule has 10 rings (SSSR count). The maximum absolute atomic E-state index is 6.43. The van der Waals surface area contributed by atoms with Crippen molar-refractivity contribution in [1.29, 1.82) is 0 Å². The van der Waals surface area contributed by atoms with Gasteiger partial charge in [0.1, 0.15) is 11.2 Å². The van der Waals surface area contributed by atoms with Crippen molar-refractivity contribution >= 4 is 77.2 Å². The maximum Gasteiger partial charge on any atom is 0.137 e. The largest absolute Gasteiger partial charge is 0.456 e. The van der Waals surface area contributed by atoms with Crippen molar-refractivity contribution in [2.75, 3.05) is 4.90 Å². The molecule has 238 valence electrons. The molecule has 0 atom stereocenters. The summed E-state index contributed by atoms with van der Waals surface area (Å²) in [5.74, 6) is 0. The van der Waals surface area contributed by atoms with Crippen LogP contribution in [0.3, 0.4) is 0 Å². The third-order valence-corrected chi connectivity index (χ3v) is 11.4. The second kappa shape index (κ2) is 11.9. The van der Waals surface area contributed by atoms with Crippen molar-refractivity contribution < 1.29 is 4.42 Å². The second-order valence-corrected chi connectivity index (χ2v) is 14.2. The van der Waals surface area contributed by atoms with E-state index in [4.69, 9.17) is 4.42 Å². The zero-order valence-electron chi connectivity index (χ0n) is 27.5. The third kappa shape index (κ3) is 4.85. The fourth-order valence-electron chi connectivity index (χ4n) is 7.92. The summed E-state index contributed by atoms with van der Waals surface area (Å²) in [5.41, 5.74) is 10.6. The lowest BCUT2D eigenvalue weighted by Gasteiger charge is -2.27. The molecule has 7 aromatic carbocycles. The summed E-state index contributed by atoms with van der Waals surface area (Å²) in [7, 11) is 0. The molecular weight excluding hydrogens is 627 g/mol. The summed E-state index contributed by atoms with van der Waals surface area (Å²) in [6.45, 7) is 0.714. The van der Waals surface area contributed by atoms with Gasteiger partial charge in [-0.15, -0.1) is 11.3 Å². The van der Waals surface area contributed by atoms with Crippen LogP contribution in [0.4, 0.5) is 11.4 Å². The molecule has 0 saturated carbocycles. The molecule has 1 aliphatic rings. The van der Waals surface area contributed by atoms with Gasteiger partial charge in [-0.2, -0.15) is 0 Å².